The smallest absolute Gasteiger partial charge is 0.100 e. The lowest BCUT2D eigenvalue weighted by molar-refractivity contribution is 0.00615. The molecule has 1 nitrogen and oxygen atoms in total. The molecule has 0 aromatic carbocycles. The third-order valence-electron chi connectivity index (χ3n) is 7.41. The van der Waals surface area contributed by atoms with E-state index in [9.17, 15) is 4.39 Å². The minimum atomic E-state index is -0.560. The molecule has 0 aromatic rings. The molecule has 0 amide bonds. The first-order valence-electron chi connectivity index (χ1n) is 12.0. The van der Waals surface area contributed by atoms with Gasteiger partial charge in [-0.25, -0.2) is 4.39 Å². The highest BCUT2D eigenvalue weighted by molar-refractivity contribution is 5.09. The van der Waals surface area contributed by atoms with Gasteiger partial charge < -0.3 is 4.74 Å². The summed E-state index contributed by atoms with van der Waals surface area (Å²) in [5, 5.41) is 0. The number of rotatable bonds is 6. The number of ether oxygens (including phenoxy) is 1. The maximum Gasteiger partial charge on any atom is 0.100 e. The van der Waals surface area contributed by atoms with Gasteiger partial charge in [0.05, 0.1) is 6.10 Å². The predicted octanol–water partition coefficient (Wildman–Crippen LogP) is 7.09. The number of unbranched alkanes of at least 4 members (excludes halogenated alkanes) is 2. The molecule has 3 rings (SSSR count). The van der Waals surface area contributed by atoms with Crippen LogP contribution in [0.4, 0.5) is 4.39 Å². The summed E-state index contributed by atoms with van der Waals surface area (Å²) in [5.41, 5.74) is 0. The van der Waals surface area contributed by atoms with Gasteiger partial charge in [-0.1, -0.05) is 31.6 Å². The maximum atomic E-state index is 13.2. The summed E-state index contributed by atoms with van der Waals surface area (Å²) >= 11 is 0. The normalized spacial score (nSPS) is 37.4. The topological polar surface area (TPSA) is 9.23 Å². The summed E-state index contributed by atoms with van der Waals surface area (Å²) in [6.45, 7) is 3.22. The first-order chi connectivity index (χ1) is 13.2. The Balaban J connectivity index is 1.31. The molecule has 0 unspecified atom stereocenters. The molecule has 0 radical (unpaired) electrons. The van der Waals surface area contributed by atoms with E-state index in [0.29, 0.717) is 17.9 Å². The predicted molar refractivity (Wildman–Crippen MR) is 111 cm³/mol. The summed E-state index contributed by atoms with van der Waals surface area (Å²) in [7, 11) is 0. The summed E-state index contributed by atoms with van der Waals surface area (Å²) in [5.74, 6) is 10.0. The fourth-order valence-electron chi connectivity index (χ4n) is 5.50. The van der Waals surface area contributed by atoms with Crippen molar-refractivity contribution in [3.63, 3.8) is 0 Å². The van der Waals surface area contributed by atoms with Gasteiger partial charge in [-0.15, -0.1) is 0 Å². The van der Waals surface area contributed by atoms with E-state index in [1.54, 1.807) is 0 Å². The standard InChI is InChI=1S/C25H41FO/c1-2-3-4-19-27-25-17-13-23(14-18-25)22-11-7-20(8-12-22)5-6-21-9-15-24(26)16-10-21/h20-25H,2-4,7-19H2,1H3. The van der Waals surface area contributed by atoms with Crippen molar-refractivity contribution in [1.82, 2.24) is 0 Å². The summed E-state index contributed by atoms with van der Waals surface area (Å²) in [4.78, 5) is 0. The second kappa shape index (κ2) is 11.5. The van der Waals surface area contributed by atoms with E-state index in [4.69, 9.17) is 4.74 Å². The van der Waals surface area contributed by atoms with Crippen LogP contribution in [0.15, 0.2) is 0 Å². The van der Waals surface area contributed by atoms with Gasteiger partial charge in [-0.05, 0) is 95.3 Å². The molecule has 3 fully saturated rings. The summed E-state index contributed by atoms with van der Waals surface area (Å²) in [6.07, 6.45) is 17.9. The Labute approximate surface area is 167 Å². The minimum Gasteiger partial charge on any atom is -0.378 e. The molecule has 2 heteroatoms. The number of alkyl halides is 1. The fraction of sp³-hybridized carbons (Fsp3) is 0.920. The first-order valence-corrected chi connectivity index (χ1v) is 12.0. The van der Waals surface area contributed by atoms with Crippen molar-refractivity contribution in [2.45, 2.75) is 116 Å². The number of hydrogen-bond donors (Lipinski definition) is 0. The van der Waals surface area contributed by atoms with E-state index in [1.807, 2.05) is 0 Å². The van der Waals surface area contributed by atoms with Crippen LogP contribution in [0.3, 0.4) is 0 Å². The van der Waals surface area contributed by atoms with Gasteiger partial charge in [-0.2, -0.15) is 0 Å². The van der Waals surface area contributed by atoms with Crippen molar-refractivity contribution in [2.75, 3.05) is 6.61 Å². The quantitative estimate of drug-likeness (QED) is 0.355. The molecule has 3 saturated carbocycles. The van der Waals surface area contributed by atoms with E-state index in [1.165, 1.54) is 70.6 Å². The first kappa shape index (κ1) is 21.2. The lowest BCUT2D eigenvalue weighted by Gasteiger charge is -2.37. The second-order valence-electron chi connectivity index (χ2n) is 9.46. The van der Waals surface area contributed by atoms with Crippen molar-refractivity contribution >= 4 is 0 Å². The average Bonchev–Trinajstić information content (AvgIpc) is 2.72. The van der Waals surface area contributed by atoms with Gasteiger partial charge in [-0.3, -0.25) is 0 Å². The molecule has 0 aromatic heterocycles. The number of hydrogen-bond acceptors (Lipinski definition) is 1. The molecular formula is C25H41FO. The Hall–Kier alpha value is -0.550. The fourth-order valence-corrected chi connectivity index (χ4v) is 5.50. The zero-order chi connectivity index (χ0) is 18.9. The van der Waals surface area contributed by atoms with Crippen LogP contribution in [0.1, 0.15) is 103 Å². The van der Waals surface area contributed by atoms with E-state index in [0.717, 1.165) is 44.1 Å². The molecule has 3 aliphatic rings. The van der Waals surface area contributed by atoms with Crippen LogP contribution in [0.5, 0.6) is 0 Å². The zero-order valence-corrected chi connectivity index (χ0v) is 17.6. The third-order valence-corrected chi connectivity index (χ3v) is 7.41. The largest absolute Gasteiger partial charge is 0.378 e. The Bertz CT molecular complexity index is 454. The van der Waals surface area contributed by atoms with Gasteiger partial charge in [0.2, 0.25) is 0 Å². The van der Waals surface area contributed by atoms with Crippen LogP contribution in [0.2, 0.25) is 0 Å². The molecule has 0 spiro atoms. The van der Waals surface area contributed by atoms with Crippen LogP contribution < -0.4 is 0 Å². The van der Waals surface area contributed by atoms with Crippen LogP contribution in [-0.4, -0.2) is 18.9 Å². The van der Waals surface area contributed by atoms with Crippen molar-refractivity contribution in [3.05, 3.63) is 0 Å². The highest BCUT2D eigenvalue weighted by atomic mass is 19.1. The van der Waals surface area contributed by atoms with Gasteiger partial charge in [0.1, 0.15) is 6.17 Å². The number of halogens is 1. The Morgan fingerprint density at radius 1 is 0.704 bits per heavy atom. The van der Waals surface area contributed by atoms with Gasteiger partial charge in [0, 0.05) is 18.4 Å². The van der Waals surface area contributed by atoms with Crippen LogP contribution in [-0.2, 0) is 4.74 Å². The van der Waals surface area contributed by atoms with E-state index >= 15 is 0 Å². The monoisotopic (exact) mass is 376 g/mol. The van der Waals surface area contributed by atoms with Crippen molar-refractivity contribution in [3.8, 4) is 11.8 Å². The van der Waals surface area contributed by atoms with Crippen LogP contribution in [0, 0.1) is 35.5 Å². The minimum absolute atomic E-state index is 0.474. The lowest BCUT2D eigenvalue weighted by atomic mass is 9.70. The van der Waals surface area contributed by atoms with Crippen LogP contribution >= 0.6 is 0 Å². The van der Waals surface area contributed by atoms with E-state index in [-0.39, 0.29) is 0 Å². The summed E-state index contributed by atoms with van der Waals surface area (Å²) < 4.78 is 19.3. The Kier molecular flexibility index (Phi) is 8.98. The van der Waals surface area contributed by atoms with Gasteiger partial charge in [0.15, 0.2) is 0 Å². The molecule has 27 heavy (non-hydrogen) atoms. The van der Waals surface area contributed by atoms with Gasteiger partial charge in [0.25, 0.3) is 0 Å². The third kappa shape index (κ3) is 7.08. The highest BCUT2D eigenvalue weighted by Crippen LogP contribution is 2.40. The SMILES string of the molecule is CCCCCOC1CCC(C2CCC(C#CC3CCC(F)CC3)CC2)CC1. The lowest BCUT2D eigenvalue weighted by Crippen LogP contribution is -2.28. The zero-order valence-electron chi connectivity index (χ0n) is 17.6. The van der Waals surface area contributed by atoms with E-state index < -0.39 is 6.17 Å². The van der Waals surface area contributed by atoms with Crippen molar-refractivity contribution in [1.29, 1.82) is 0 Å². The molecule has 0 atom stereocenters. The molecule has 3 aliphatic carbocycles. The molecule has 0 aliphatic heterocycles. The van der Waals surface area contributed by atoms with Gasteiger partial charge >= 0.3 is 0 Å². The molecular weight excluding hydrogens is 335 g/mol. The Morgan fingerprint density at radius 2 is 1.22 bits per heavy atom. The molecule has 0 N–H and O–H groups in total. The maximum absolute atomic E-state index is 13.2. The second-order valence-corrected chi connectivity index (χ2v) is 9.46. The molecule has 0 saturated heterocycles. The highest BCUT2D eigenvalue weighted by Gasteiger charge is 2.30. The van der Waals surface area contributed by atoms with Crippen LogP contribution in [0.25, 0.3) is 0 Å². The van der Waals surface area contributed by atoms with Crippen molar-refractivity contribution in [2.24, 2.45) is 23.7 Å². The summed E-state index contributed by atoms with van der Waals surface area (Å²) in [6, 6.07) is 0. The molecule has 0 heterocycles. The Morgan fingerprint density at radius 3 is 1.78 bits per heavy atom. The van der Waals surface area contributed by atoms with E-state index in [2.05, 4.69) is 18.8 Å². The van der Waals surface area contributed by atoms with Crippen molar-refractivity contribution < 1.29 is 9.13 Å². The molecule has 0 bridgehead atoms. The molecule has 154 valence electrons. The average molecular weight is 377 g/mol.